The highest BCUT2D eigenvalue weighted by atomic mass is 16.2. The summed E-state index contributed by atoms with van der Waals surface area (Å²) >= 11 is 0. The van der Waals surface area contributed by atoms with E-state index in [2.05, 4.69) is 5.32 Å². The molecule has 21 heavy (non-hydrogen) atoms. The Kier molecular flexibility index (Phi) is 5.06. The van der Waals surface area contributed by atoms with E-state index in [0.717, 1.165) is 11.1 Å². The van der Waals surface area contributed by atoms with E-state index in [1.807, 2.05) is 66.1 Å². The van der Waals surface area contributed by atoms with Gasteiger partial charge >= 0.3 is 0 Å². The van der Waals surface area contributed by atoms with E-state index in [1.165, 1.54) is 0 Å². The maximum absolute atomic E-state index is 12.4. The van der Waals surface area contributed by atoms with Crippen molar-refractivity contribution in [3.05, 3.63) is 71.8 Å². The lowest BCUT2D eigenvalue weighted by molar-refractivity contribution is -0.126. The van der Waals surface area contributed by atoms with Crippen molar-refractivity contribution in [1.29, 1.82) is 0 Å². The molecular formula is C16H17N3O2. The highest BCUT2D eigenvalue weighted by Crippen LogP contribution is 2.24. The minimum Gasteiger partial charge on any atom is -0.346 e. The van der Waals surface area contributed by atoms with E-state index >= 15 is 0 Å². The van der Waals surface area contributed by atoms with E-state index in [9.17, 15) is 9.59 Å². The zero-order valence-electron chi connectivity index (χ0n) is 11.5. The third kappa shape index (κ3) is 3.90. The summed E-state index contributed by atoms with van der Waals surface area (Å²) in [5, 5.41) is 2.60. The number of rotatable bonds is 5. The molecule has 0 aromatic heterocycles. The van der Waals surface area contributed by atoms with Gasteiger partial charge in [-0.1, -0.05) is 60.7 Å². The fourth-order valence-corrected chi connectivity index (χ4v) is 2.11. The van der Waals surface area contributed by atoms with Crippen molar-refractivity contribution >= 4 is 11.8 Å². The molecule has 0 atom stereocenters. The third-order valence-electron chi connectivity index (χ3n) is 3.11. The Morgan fingerprint density at radius 2 is 1.38 bits per heavy atom. The summed E-state index contributed by atoms with van der Waals surface area (Å²) in [5.41, 5.74) is 3.72. The first-order valence-corrected chi connectivity index (χ1v) is 6.59. The standard InChI is InChI=1S/C16H17N3O2/c17-19-14(20)11-18-16(21)15(12-7-3-1-4-8-12)13-9-5-2-6-10-13/h1-10,15H,11,17H2,(H,18,21)(H,19,20). The van der Waals surface area contributed by atoms with Gasteiger partial charge in [0.05, 0.1) is 12.5 Å². The Morgan fingerprint density at radius 3 is 1.81 bits per heavy atom. The lowest BCUT2D eigenvalue weighted by Gasteiger charge is -2.17. The number of nitrogens with two attached hydrogens (primary N) is 1. The van der Waals surface area contributed by atoms with Gasteiger partial charge in [-0.15, -0.1) is 0 Å². The predicted octanol–water partition coefficient (Wildman–Crippen LogP) is 0.925. The van der Waals surface area contributed by atoms with Crippen LogP contribution in [0, 0.1) is 0 Å². The van der Waals surface area contributed by atoms with Gasteiger partial charge < -0.3 is 5.32 Å². The van der Waals surface area contributed by atoms with Crippen molar-refractivity contribution in [2.24, 2.45) is 5.84 Å². The van der Waals surface area contributed by atoms with Crippen LogP contribution in [0.1, 0.15) is 17.0 Å². The zero-order valence-corrected chi connectivity index (χ0v) is 11.5. The van der Waals surface area contributed by atoms with Crippen LogP contribution in [0.2, 0.25) is 0 Å². The van der Waals surface area contributed by atoms with Crippen molar-refractivity contribution in [3.8, 4) is 0 Å². The van der Waals surface area contributed by atoms with E-state index in [4.69, 9.17) is 5.84 Å². The topological polar surface area (TPSA) is 84.2 Å². The third-order valence-corrected chi connectivity index (χ3v) is 3.11. The number of hydrogen-bond acceptors (Lipinski definition) is 3. The second kappa shape index (κ2) is 7.21. The summed E-state index contributed by atoms with van der Waals surface area (Å²) in [6.45, 7) is -0.147. The number of carbonyl (C=O) groups is 2. The normalized spacial score (nSPS) is 10.2. The van der Waals surface area contributed by atoms with Crippen molar-refractivity contribution < 1.29 is 9.59 Å². The molecule has 0 aliphatic heterocycles. The maximum Gasteiger partial charge on any atom is 0.253 e. The monoisotopic (exact) mass is 283 g/mol. The van der Waals surface area contributed by atoms with Gasteiger partial charge in [0.2, 0.25) is 5.91 Å². The van der Waals surface area contributed by atoms with Crippen LogP contribution < -0.4 is 16.6 Å². The van der Waals surface area contributed by atoms with E-state index < -0.39 is 11.8 Å². The Hall–Kier alpha value is -2.66. The van der Waals surface area contributed by atoms with Gasteiger partial charge in [0.15, 0.2) is 0 Å². The smallest absolute Gasteiger partial charge is 0.253 e. The van der Waals surface area contributed by atoms with E-state index in [0.29, 0.717) is 0 Å². The fourth-order valence-electron chi connectivity index (χ4n) is 2.11. The summed E-state index contributed by atoms with van der Waals surface area (Å²) in [7, 11) is 0. The van der Waals surface area contributed by atoms with Gasteiger partial charge in [-0.05, 0) is 11.1 Å². The summed E-state index contributed by atoms with van der Waals surface area (Å²) in [5.74, 6) is 3.86. The molecule has 0 saturated heterocycles. The van der Waals surface area contributed by atoms with Gasteiger partial charge in [0, 0.05) is 0 Å². The number of hydrogen-bond donors (Lipinski definition) is 3. The van der Waals surface area contributed by atoms with Crippen molar-refractivity contribution in [3.63, 3.8) is 0 Å². The molecule has 0 radical (unpaired) electrons. The second-order valence-electron chi connectivity index (χ2n) is 4.54. The first kappa shape index (κ1) is 14.7. The van der Waals surface area contributed by atoms with Gasteiger partial charge in [0.1, 0.15) is 0 Å². The Morgan fingerprint density at radius 1 is 0.905 bits per heavy atom. The number of nitrogens with one attached hydrogen (secondary N) is 2. The molecule has 0 spiro atoms. The minimum atomic E-state index is -0.460. The van der Waals surface area contributed by atoms with Crippen molar-refractivity contribution in [2.45, 2.75) is 5.92 Å². The Labute approximate surface area is 123 Å². The molecular weight excluding hydrogens is 266 g/mol. The molecule has 0 bridgehead atoms. The van der Waals surface area contributed by atoms with Gasteiger partial charge in [-0.25, -0.2) is 5.84 Å². The molecule has 0 saturated carbocycles. The van der Waals surface area contributed by atoms with Crippen LogP contribution in [0.15, 0.2) is 60.7 Å². The molecule has 0 fully saturated rings. The largest absolute Gasteiger partial charge is 0.346 e. The highest BCUT2D eigenvalue weighted by molar-refractivity contribution is 5.90. The molecule has 4 N–H and O–H groups in total. The van der Waals surface area contributed by atoms with Crippen LogP contribution in [0.3, 0.4) is 0 Å². The first-order valence-electron chi connectivity index (χ1n) is 6.59. The molecule has 0 aliphatic carbocycles. The molecule has 2 rings (SSSR count). The van der Waals surface area contributed by atoms with Crippen molar-refractivity contribution in [1.82, 2.24) is 10.7 Å². The highest BCUT2D eigenvalue weighted by Gasteiger charge is 2.22. The van der Waals surface area contributed by atoms with Crippen LogP contribution in [0.25, 0.3) is 0 Å². The predicted molar refractivity (Wildman–Crippen MR) is 80.1 cm³/mol. The average Bonchev–Trinajstić information content (AvgIpc) is 2.55. The molecule has 2 amide bonds. The summed E-state index contributed by atoms with van der Waals surface area (Å²) < 4.78 is 0. The number of amides is 2. The van der Waals surface area contributed by atoms with E-state index in [1.54, 1.807) is 0 Å². The quantitative estimate of drug-likeness (QED) is 0.433. The Balaban J connectivity index is 2.25. The van der Waals surface area contributed by atoms with Crippen LogP contribution in [0.4, 0.5) is 0 Å². The van der Waals surface area contributed by atoms with Crippen LogP contribution in [0.5, 0.6) is 0 Å². The number of hydrazine groups is 1. The Bertz CT molecular complexity index is 560. The molecule has 0 heterocycles. The average molecular weight is 283 g/mol. The van der Waals surface area contributed by atoms with Crippen molar-refractivity contribution in [2.75, 3.05) is 6.54 Å². The lowest BCUT2D eigenvalue weighted by Crippen LogP contribution is -2.41. The van der Waals surface area contributed by atoms with Crippen LogP contribution in [-0.2, 0) is 9.59 Å². The maximum atomic E-state index is 12.4. The molecule has 2 aromatic carbocycles. The minimum absolute atomic E-state index is 0.147. The molecule has 108 valence electrons. The molecule has 0 aliphatic rings. The molecule has 5 nitrogen and oxygen atoms in total. The zero-order chi connectivity index (χ0) is 15.1. The fraction of sp³-hybridized carbons (Fsp3) is 0.125. The molecule has 0 unspecified atom stereocenters. The van der Waals surface area contributed by atoms with Gasteiger partial charge in [-0.2, -0.15) is 0 Å². The summed E-state index contributed by atoms with van der Waals surface area (Å²) in [6.07, 6.45) is 0. The van der Waals surface area contributed by atoms with Gasteiger partial charge in [-0.3, -0.25) is 15.0 Å². The second-order valence-corrected chi connectivity index (χ2v) is 4.54. The first-order chi connectivity index (χ1) is 10.2. The van der Waals surface area contributed by atoms with Crippen LogP contribution in [-0.4, -0.2) is 18.4 Å². The summed E-state index contributed by atoms with van der Waals surface area (Å²) in [6, 6.07) is 18.9. The summed E-state index contributed by atoms with van der Waals surface area (Å²) in [4.78, 5) is 23.6. The number of carbonyl (C=O) groups excluding carboxylic acids is 2. The molecule has 2 aromatic rings. The SMILES string of the molecule is NNC(=O)CNC(=O)C(c1ccccc1)c1ccccc1. The molecule has 5 heteroatoms. The van der Waals surface area contributed by atoms with Gasteiger partial charge in [0.25, 0.3) is 5.91 Å². The number of benzene rings is 2. The van der Waals surface area contributed by atoms with E-state index in [-0.39, 0.29) is 12.5 Å². The lowest BCUT2D eigenvalue weighted by atomic mass is 9.90. The van der Waals surface area contributed by atoms with Crippen LogP contribution >= 0.6 is 0 Å².